The van der Waals surface area contributed by atoms with Crippen LogP contribution in [0.4, 0.5) is 5.69 Å². The molecule has 4 nitrogen and oxygen atoms in total. The second-order valence-corrected chi connectivity index (χ2v) is 6.71. The van der Waals surface area contributed by atoms with Gasteiger partial charge >= 0.3 is 0 Å². The van der Waals surface area contributed by atoms with E-state index in [9.17, 15) is 4.79 Å². The Balaban J connectivity index is 1.47. The largest absolute Gasteiger partial charge is 0.368 e. The summed E-state index contributed by atoms with van der Waals surface area (Å²) in [6, 6.07) is 15.8. The van der Waals surface area contributed by atoms with Crippen LogP contribution in [-0.2, 0) is 16.1 Å². The van der Waals surface area contributed by atoms with Crippen LogP contribution in [0.25, 0.3) is 0 Å². The number of carbonyl (C=O) groups excluding carboxylic acids is 1. The Morgan fingerprint density at radius 1 is 1.08 bits per heavy atom. The number of piperazine rings is 1. The lowest BCUT2D eigenvalue weighted by Gasteiger charge is -2.36. The van der Waals surface area contributed by atoms with Crippen LogP contribution < -0.4 is 4.90 Å². The smallest absolute Gasteiger partial charge is 0.248 e. The summed E-state index contributed by atoms with van der Waals surface area (Å²) in [6.07, 6.45) is 0. The van der Waals surface area contributed by atoms with E-state index in [1.54, 1.807) is 0 Å². The molecule has 25 heavy (non-hydrogen) atoms. The first-order valence-electron chi connectivity index (χ1n) is 8.54. The number of aryl methyl sites for hydroxylation is 1. The third-order valence-electron chi connectivity index (χ3n) is 4.48. The van der Waals surface area contributed by atoms with Crippen LogP contribution in [-0.4, -0.2) is 43.6 Å². The number of hydrogen-bond acceptors (Lipinski definition) is 3. The highest BCUT2D eigenvalue weighted by molar-refractivity contribution is 6.30. The molecule has 0 radical (unpaired) electrons. The summed E-state index contributed by atoms with van der Waals surface area (Å²) in [5.74, 6) is 0.0541. The Morgan fingerprint density at radius 3 is 2.52 bits per heavy atom. The number of ether oxygens (including phenoxy) is 1. The van der Waals surface area contributed by atoms with Crippen LogP contribution >= 0.6 is 11.6 Å². The molecule has 0 aromatic heterocycles. The fraction of sp³-hybridized carbons (Fsp3) is 0.350. The van der Waals surface area contributed by atoms with Gasteiger partial charge < -0.3 is 14.5 Å². The Hall–Kier alpha value is -2.04. The van der Waals surface area contributed by atoms with Crippen LogP contribution in [0.5, 0.6) is 0 Å². The van der Waals surface area contributed by atoms with Crippen molar-refractivity contribution in [2.24, 2.45) is 0 Å². The lowest BCUT2D eigenvalue weighted by Crippen LogP contribution is -2.50. The summed E-state index contributed by atoms with van der Waals surface area (Å²) in [6.45, 7) is 5.72. The van der Waals surface area contributed by atoms with E-state index in [2.05, 4.69) is 11.8 Å². The van der Waals surface area contributed by atoms with Crippen molar-refractivity contribution in [1.29, 1.82) is 0 Å². The van der Waals surface area contributed by atoms with Gasteiger partial charge in [-0.2, -0.15) is 0 Å². The third-order valence-corrected chi connectivity index (χ3v) is 4.72. The van der Waals surface area contributed by atoms with Gasteiger partial charge in [0.05, 0.1) is 6.61 Å². The molecular weight excluding hydrogens is 336 g/mol. The van der Waals surface area contributed by atoms with Crippen LogP contribution in [0.2, 0.25) is 5.02 Å². The van der Waals surface area contributed by atoms with Crippen molar-refractivity contribution in [1.82, 2.24) is 4.90 Å². The topological polar surface area (TPSA) is 32.8 Å². The van der Waals surface area contributed by atoms with Gasteiger partial charge in [-0.15, -0.1) is 0 Å². The normalized spacial score (nSPS) is 14.6. The highest BCUT2D eigenvalue weighted by Gasteiger charge is 2.22. The molecule has 3 rings (SSSR count). The van der Waals surface area contributed by atoms with Gasteiger partial charge in [0, 0.05) is 36.9 Å². The molecule has 1 amide bonds. The predicted octanol–water partition coefficient (Wildman–Crippen LogP) is 3.51. The minimum atomic E-state index is 0.0541. The molecule has 0 saturated carbocycles. The average molecular weight is 359 g/mol. The van der Waals surface area contributed by atoms with Crippen LogP contribution in [0, 0.1) is 6.92 Å². The monoisotopic (exact) mass is 358 g/mol. The quantitative estimate of drug-likeness (QED) is 0.820. The molecule has 0 spiro atoms. The maximum absolute atomic E-state index is 12.3. The molecule has 0 atom stereocenters. The highest BCUT2D eigenvalue weighted by Crippen LogP contribution is 2.25. The van der Waals surface area contributed by atoms with E-state index in [4.69, 9.17) is 16.3 Å². The summed E-state index contributed by atoms with van der Waals surface area (Å²) in [7, 11) is 0. The zero-order chi connectivity index (χ0) is 17.6. The third kappa shape index (κ3) is 4.74. The lowest BCUT2D eigenvalue weighted by atomic mass is 10.1. The van der Waals surface area contributed by atoms with E-state index < -0.39 is 0 Å². The highest BCUT2D eigenvalue weighted by atomic mass is 35.5. The van der Waals surface area contributed by atoms with Crippen LogP contribution in [0.15, 0.2) is 48.5 Å². The zero-order valence-corrected chi connectivity index (χ0v) is 15.2. The van der Waals surface area contributed by atoms with Crippen molar-refractivity contribution >= 4 is 23.2 Å². The van der Waals surface area contributed by atoms with Crippen molar-refractivity contribution in [2.45, 2.75) is 13.5 Å². The Labute approximate surface area is 154 Å². The van der Waals surface area contributed by atoms with Crippen molar-refractivity contribution in [3.8, 4) is 0 Å². The molecule has 2 aromatic rings. The van der Waals surface area contributed by atoms with Gasteiger partial charge in [0.15, 0.2) is 0 Å². The number of nitrogens with zero attached hydrogens (tertiary/aromatic N) is 2. The molecule has 1 heterocycles. The van der Waals surface area contributed by atoms with Gasteiger partial charge in [-0.05, 0) is 30.2 Å². The summed E-state index contributed by atoms with van der Waals surface area (Å²) < 4.78 is 5.56. The predicted molar refractivity (Wildman–Crippen MR) is 101 cm³/mol. The Kier molecular flexibility index (Phi) is 5.95. The SMILES string of the molecule is Cc1ccc(Cl)cc1N1CCN(C(=O)COCc2ccccc2)CC1. The fourth-order valence-electron chi connectivity index (χ4n) is 3.04. The van der Waals surface area contributed by atoms with Gasteiger partial charge in [0.2, 0.25) is 5.91 Å². The molecule has 132 valence electrons. The van der Waals surface area contributed by atoms with E-state index in [0.717, 1.165) is 29.4 Å². The summed E-state index contributed by atoms with van der Waals surface area (Å²) >= 11 is 6.12. The van der Waals surface area contributed by atoms with Crippen molar-refractivity contribution in [3.63, 3.8) is 0 Å². The van der Waals surface area contributed by atoms with Crippen LogP contribution in [0.3, 0.4) is 0 Å². The molecule has 1 saturated heterocycles. The van der Waals surface area contributed by atoms with Gasteiger partial charge in [0.1, 0.15) is 6.61 Å². The number of anilines is 1. The molecule has 0 N–H and O–H groups in total. The van der Waals surface area contributed by atoms with E-state index >= 15 is 0 Å². The molecule has 5 heteroatoms. The van der Waals surface area contributed by atoms with E-state index in [1.165, 1.54) is 5.56 Å². The second-order valence-electron chi connectivity index (χ2n) is 6.28. The summed E-state index contributed by atoms with van der Waals surface area (Å²) in [5.41, 5.74) is 3.44. The average Bonchev–Trinajstić information content (AvgIpc) is 2.65. The summed E-state index contributed by atoms with van der Waals surface area (Å²) in [4.78, 5) is 16.5. The Morgan fingerprint density at radius 2 is 1.80 bits per heavy atom. The first kappa shape index (κ1) is 17.8. The van der Waals surface area contributed by atoms with E-state index in [1.807, 2.05) is 53.4 Å². The lowest BCUT2D eigenvalue weighted by molar-refractivity contribution is -0.136. The number of carbonyl (C=O) groups is 1. The minimum Gasteiger partial charge on any atom is -0.368 e. The molecule has 0 unspecified atom stereocenters. The van der Waals surface area contributed by atoms with Gasteiger partial charge in [-0.3, -0.25) is 4.79 Å². The molecule has 2 aromatic carbocycles. The standard InChI is InChI=1S/C20H23ClN2O2/c1-16-7-8-18(21)13-19(16)22-9-11-23(12-10-22)20(24)15-25-14-17-5-3-2-4-6-17/h2-8,13H,9-12,14-15H2,1H3. The number of benzene rings is 2. The van der Waals surface area contributed by atoms with Gasteiger partial charge in [-0.1, -0.05) is 48.0 Å². The number of amides is 1. The number of hydrogen-bond donors (Lipinski definition) is 0. The molecule has 1 aliphatic heterocycles. The Bertz CT molecular complexity index is 713. The van der Waals surface area contributed by atoms with E-state index in [0.29, 0.717) is 19.7 Å². The van der Waals surface area contributed by atoms with Crippen LogP contribution in [0.1, 0.15) is 11.1 Å². The fourth-order valence-corrected chi connectivity index (χ4v) is 3.21. The molecule has 1 fully saturated rings. The molecular formula is C20H23ClN2O2. The molecule has 0 bridgehead atoms. The first-order valence-corrected chi connectivity index (χ1v) is 8.92. The maximum Gasteiger partial charge on any atom is 0.248 e. The van der Waals surface area contributed by atoms with Crippen molar-refractivity contribution in [3.05, 3.63) is 64.7 Å². The van der Waals surface area contributed by atoms with Crippen molar-refractivity contribution in [2.75, 3.05) is 37.7 Å². The maximum atomic E-state index is 12.3. The zero-order valence-electron chi connectivity index (χ0n) is 14.5. The molecule has 0 aliphatic carbocycles. The van der Waals surface area contributed by atoms with E-state index in [-0.39, 0.29) is 12.5 Å². The second kappa shape index (κ2) is 8.37. The van der Waals surface area contributed by atoms with Crippen molar-refractivity contribution < 1.29 is 9.53 Å². The minimum absolute atomic E-state index is 0.0541. The van der Waals surface area contributed by atoms with Gasteiger partial charge in [0.25, 0.3) is 0 Å². The summed E-state index contributed by atoms with van der Waals surface area (Å²) in [5, 5.41) is 0.744. The number of halogens is 1. The molecule has 1 aliphatic rings. The first-order chi connectivity index (χ1) is 12.1. The number of rotatable bonds is 5. The van der Waals surface area contributed by atoms with Gasteiger partial charge in [-0.25, -0.2) is 0 Å².